The van der Waals surface area contributed by atoms with Crippen LogP contribution in [0.4, 0.5) is 0 Å². The van der Waals surface area contributed by atoms with E-state index in [0.29, 0.717) is 0 Å². The first kappa shape index (κ1) is 30.0. The third-order valence-corrected chi connectivity index (χ3v) is 5.32. The Balaban J connectivity index is 2.52. The average Bonchev–Trinajstić information content (AvgIpc) is 2.80. The van der Waals surface area contributed by atoms with E-state index in [1.54, 1.807) is 0 Å². The van der Waals surface area contributed by atoms with E-state index in [0.717, 1.165) is 0 Å². The SMILES string of the molecule is CC(O)C(=O)OCCNCC(O)[C@@H](O)[C@@H](COC[C@@H]1OC(CO)[C@H](O)[C@H](O)C1O)C(O)CO. The molecule has 0 bridgehead atoms. The van der Waals surface area contributed by atoms with Crippen molar-refractivity contribution in [2.24, 2.45) is 5.92 Å². The Morgan fingerprint density at radius 2 is 1.64 bits per heavy atom. The van der Waals surface area contributed by atoms with Crippen molar-refractivity contribution < 1.29 is 65.0 Å². The summed E-state index contributed by atoms with van der Waals surface area (Å²) < 4.78 is 15.4. The number of aliphatic hydroxyl groups excluding tert-OH is 9. The van der Waals surface area contributed by atoms with Crippen molar-refractivity contribution in [1.82, 2.24) is 5.32 Å². The molecule has 1 heterocycles. The van der Waals surface area contributed by atoms with E-state index in [1.165, 1.54) is 6.92 Å². The van der Waals surface area contributed by atoms with Crippen molar-refractivity contribution >= 4 is 5.97 Å². The minimum absolute atomic E-state index is 0.0859. The van der Waals surface area contributed by atoms with Gasteiger partial charge in [-0.1, -0.05) is 0 Å². The maximum absolute atomic E-state index is 11.1. The largest absolute Gasteiger partial charge is 0.462 e. The molecule has 5 unspecified atom stereocenters. The van der Waals surface area contributed by atoms with Crippen LogP contribution in [0.1, 0.15) is 6.92 Å². The van der Waals surface area contributed by atoms with E-state index in [1.807, 2.05) is 0 Å². The minimum Gasteiger partial charge on any atom is -0.462 e. The summed E-state index contributed by atoms with van der Waals surface area (Å²) in [7, 11) is 0. The molecule has 10 N–H and O–H groups in total. The molecule has 0 aromatic carbocycles. The molecule has 1 rings (SSSR count). The van der Waals surface area contributed by atoms with Crippen LogP contribution in [0.15, 0.2) is 0 Å². The topological polar surface area (TPSA) is 239 Å². The van der Waals surface area contributed by atoms with Gasteiger partial charge in [-0.15, -0.1) is 0 Å². The van der Waals surface area contributed by atoms with Crippen molar-refractivity contribution in [3.63, 3.8) is 0 Å². The highest BCUT2D eigenvalue weighted by Gasteiger charge is 2.43. The fraction of sp³-hybridized carbons (Fsp3) is 0.947. The van der Waals surface area contributed by atoms with E-state index in [-0.39, 0.29) is 32.9 Å². The Hall–Kier alpha value is -1.01. The molecule has 0 aromatic rings. The van der Waals surface area contributed by atoms with Gasteiger partial charge in [0.2, 0.25) is 0 Å². The van der Waals surface area contributed by atoms with Gasteiger partial charge in [0.1, 0.15) is 43.2 Å². The predicted molar refractivity (Wildman–Crippen MR) is 109 cm³/mol. The van der Waals surface area contributed by atoms with E-state index in [9.17, 15) is 45.6 Å². The Morgan fingerprint density at radius 3 is 2.21 bits per heavy atom. The molecule has 0 saturated carbocycles. The van der Waals surface area contributed by atoms with Crippen LogP contribution in [-0.2, 0) is 19.0 Å². The van der Waals surface area contributed by atoms with E-state index in [2.05, 4.69) is 5.32 Å². The molecule has 10 atom stereocenters. The number of ether oxygens (including phenoxy) is 3. The summed E-state index contributed by atoms with van der Waals surface area (Å²) in [5.74, 6) is -1.95. The molecule has 33 heavy (non-hydrogen) atoms. The second-order valence-corrected chi connectivity index (χ2v) is 7.92. The van der Waals surface area contributed by atoms with E-state index >= 15 is 0 Å². The van der Waals surface area contributed by atoms with Crippen LogP contribution in [0.25, 0.3) is 0 Å². The van der Waals surface area contributed by atoms with Crippen LogP contribution in [0.2, 0.25) is 0 Å². The summed E-state index contributed by atoms with van der Waals surface area (Å²) in [6.07, 6.45) is -12.5. The quantitative estimate of drug-likeness (QED) is 0.0764. The molecule has 1 fully saturated rings. The molecular weight excluding hydrogens is 450 g/mol. The molecule has 0 aromatic heterocycles. The number of hydrogen-bond donors (Lipinski definition) is 10. The van der Waals surface area contributed by atoms with Crippen molar-refractivity contribution in [3.8, 4) is 0 Å². The average molecular weight is 487 g/mol. The summed E-state index contributed by atoms with van der Waals surface area (Å²) in [5.41, 5.74) is 0. The van der Waals surface area contributed by atoms with Crippen LogP contribution in [0.3, 0.4) is 0 Å². The van der Waals surface area contributed by atoms with Crippen LogP contribution in [-0.4, -0.2) is 153 Å². The zero-order chi connectivity index (χ0) is 25.1. The predicted octanol–water partition coefficient (Wildman–Crippen LogP) is -5.95. The molecule has 1 aliphatic rings. The fourth-order valence-electron chi connectivity index (χ4n) is 3.21. The second-order valence-electron chi connectivity index (χ2n) is 7.92. The van der Waals surface area contributed by atoms with E-state index < -0.39 is 80.0 Å². The van der Waals surface area contributed by atoms with Gasteiger partial charge in [-0.25, -0.2) is 4.79 Å². The zero-order valence-electron chi connectivity index (χ0n) is 18.4. The van der Waals surface area contributed by atoms with Gasteiger partial charge in [-0.2, -0.15) is 0 Å². The first-order valence-corrected chi connectivity index (χ1v) is 10.6. The lowest BCUT2D eigenvalue weighted by atomic mass is 9.92. The normalized spacial score (nSPS) is 30.3. The number of carbonyl (C=O) groups is 1. The standard InChI is InChI=1S/C19H37NO13/c1-9(23)19(30)32-3-2-20-4-11(24)15(26)10(12(25)5-21)7-31-8-14-17(28)18(29)16(27)13(6-22)33-14/h9-18,20-29H,2-8H2,1H3/t9?,10-,11?,12?,13?,14-,15-,16-,17?,18-/m0/s1. The van der Waals surface area contributed by atoms with Crippen LogP contribution >= 0.6 is 0 Å². The summed E-state index contributed by atoms with van der Waals surface area (Å²) in [6, 6.07) is 0. The Labute approximate surface area is 191 Å². The molecule has 1 aliphatic heterocycles. The Bertz CT molecular complexity index is 552. The molecule has 1 saturated heterocycles. The van der Waals surface area contributed by atoms with Crippen molar-refractivity contribution in [2.75, 3.05) is 46.1 Å². The summed E-state index contributed by atoms with van der Waals surface area (Å²) in [5, 5.41) is 90.4. The van der Waals surface area contributed by atoms with Crippen molar-refractivity contribution in [3.05, 3.63) is 0 Å². The van der Waals surface area contributed by atoms with Gasteiger partial charge in [0.05, 0.1) is 44.7 Å². The molecule has 14 heteroatoms. The van der Waals surface area contributed by atoms with Gasteiger partial charge in [-0.3, -0.25) is 0 Å². The molecule has 0 amide bonds. The Kier molecular flexibility index (Phi) is 13.7. The zero-order valence-corrected chi connectivity index (χ0v) is 18.4. The molecule has 0 spiro atoms. The highest BCUT2D eigenvalue weighted by atomic mass is 16.6. The van der Waals surface area contributed by atoms with Crippen LogP contribution in [0.5, 0.6) is 0 Å². The van der Waals surface area contributed by atoms with Gasteiger partial charge in [-0.05, 0) is 6.92 Å². The van der Waals surface area contributed by atoms with Gasteiger partial charge < -0.3 is 65.5 Å². The second kappa shape index (κ2) is 15.1. The molecular formula is C19H37NO13. The highest BCUT2D eigenvalue weighted by Crippen LogP contribution is 2.22. The fourth-order valence-corrected chi connectivity index (χ4v) is 3.21. The number of rotatable bonds is 15. The lowest BCUT2D eigenvalue weighted by molar-refractivity contribution is -0.240. The number of carbonyl (C=O) groups excluding carboxylic acids is 1. The number of esters is 1. The molecule has 0 aliphatic carbocycles. The summed E-state index contributed by atoms with van der Waals surface area (Å²) >= 11 is 0. The van der Waals surface area contributed by atoms with Crippen molar-refractivity contribution in [2.45, 2.75) is 61.9 Å². The highest BCUT2D eigenvalue weighted by molar-refractivity contribution is 5.73. The molecule has 14 nitrogen and oxygen atoms in total. The van der Waals surface area contributed by atoms with Gasteiger partial charge in [0.15, 0.2) is 0 Å². The monoisotopic (exact) mass is 487 g/mol. The lowest BCUT2D eigenvalue weighted by Gasteiger charge is -2.40. The number of aliphatic hydroxyl groups is 9. The Morgan fingerprint density at radius 1 is 1.00 bits per heavy atom. The third-order valence-electron chi connectivity index (χ3n) is 5.32. The van der Waals surface area contributed by atoms with Gasteiger partial charge >= 0.3 is 5.97 Å². The van der Waals surface area contributed by atoms with Gasteiger partial charge in [0, 0.05) is 19.0 Å². The number of hydrogen-bond acceptors (Lipinski definition) is 14. The van der Waals surface area contributed by atoms with Gasteiger partial charge in [0.25, 0.3) is 0 Å². The smallest absolute Gasteiger partial charge is 0.334 e. The third kappa shape index (κ3) is 9.28. The first-order chi connectivity index (χ1) is 15.5. The minimum atomic E-state index is -1.58. The summed E-state index contributed by atoms with van der Waals surface area (Å²) in [4.78, 5) is 11.1. The lowest BCUT2D eigenvalue weighted by Crippen LogP contribution is -2.59. The van der Waals surface area contributed by atoms with Crippen molar-refractivity contribution in [1.29, 1.82) is 0 Å². The van der Waals surface area contributed by atoms with E-state index in [4.69, 9.17) is 19.3 Å². The molecule has 196 valence electrons. The maximum atomic E-state index is 11.1. The van der Waals surface area contributed by atoms with Crippen LogP contribution in [0, 0.1) is 5.92 Å². The first-order valence-electron chi connectivity index (χ1n) is 10.6. The summed E-state index contributed by atoms with van der Waals surface area (Å²) in [6.45, 7) is -0.936. The number of nitrogens with one attached hydrogen (secondary N) is 1. The molecule has 0 radical (unpaired) electrons. The maximum Gasteiger partial charge on any atom is 0.334 e. The van der Waals surface area contributed by atoms with Crippen LogP contribution < -0.4 is 5.32 Å².